The van der Waals surface area contributed by atoms with Crippen molar-refractivity contribution in [1.29, 1.82) is 0 Å². The molecule has 28 heavy (non-hydrogen) atoms. The van der Waals surface area contributed by atoms with E-state index in [9.17, 15) is 18.8 Å². The van der Waals surface area contributed by atoms with Crippen molar-refractivity contribution in [2.75, 3.05) is 32.7 Å². The van der Waals surface area contributed by atoms with E-state index in [0.29, 0.717) is 39.1 Å². The van der Waals surface area contributed by atoms with Crippen LogP contribution in [0.15, 0.2) is 24.3 Å². The van der Waals surface area contributed by atoms with Crippen LogP contribution >= 0.6 is 0 Å². The Kier molecular flexibility index (Phi) is 5.72. The van der Waals surface area contributed by atoms with Gasteiger partial charge in [0.05, 0.1) is 11.5 Å². The second-order valence-electron chi connectivity index (χ2n) is 8.53. The van der Waals surface area contributed by atoms with Gasteiger partial charge in [-0.25, -0.2) is 4.39 Å². The third-order valence-corrected chi connectivity index (χ3v) is 5.48. The molecular formula is C21H28FN3O3. The number of hydrogen-bond donors (Lipinski definition) is 0. The first-order valence-electron chi connectivity index (χ1n) is 9.81. The van der Waals surface area contributed by atoms with E-state index in [1.54, 1.807) is 26.8 Å². The fourth-order valence-corrected chi connectivity index (χ4v) is 3.93. The molecule has 0 spiro atoms. The molecule has 0 aliphatic carbocycles. The van der Waals surface area contributed by atoms with Gasteiger partial charge >= 0.3 is 0 Å². The van der Waals surface area contributed by atoms with Crippen LogP contribution < -0.4 is 0 Å². The zero-order chi connectivity index (χ0) is 20.5. The molecule has 7 heteroatoms. The van der Waals surface area contributed by atoms with Crippen LogP contribution in [0.25, 0.3) is 0 Å². The van der Waals surface area contributed by atoms with E-state index < -0.39 is 5.82 Å². The summed E-state index contributed by atoms with van der Waals surface area (Å²) in [6.07, 6.45) is 0.875. The molecular weight excluding hydrogens is 361 g/mol. The Bertz CT molecular complexity index is 774. The Balaban J connectivity index is 1.62. The maximum absolute atomic E-state index is 13.9. The molecule has 2 aliphatic heterocycles. The molecule has 2 aliphatic rings. The molecule has 3 rings (SSSR count). The molecule has 0 aromatic heterocycles. The van der Waals surface area contributed by atoms with Crippen LogP contribution in [0.2, 0.25) is 0 Å². The Morgan fingerprint density at radius 3 is 2.32 bits per heavy atom. The lowest BCUT2D eigenvalue weighted by atomic mass is 10.1. The van der Waals surface area contributed by atoms with E-state index in [1.165, 1.54) is 12.1 Å². The lowest BCUT2D eigenvalue weighted by Crippen LogP contribution is -2.44. The van der Waals surface area contributed by atoms with Crippen LogP contribution in [0, 0.1) is 11.7 Å². The van der Waals surface area contributed by atoms with Crippen molar-refractivity contribution in [3.63, 3.8) is 0 Å². The topological polar surface area (TPSA) is 60.9 Å². The molecule has 0 N–H and O–H groups in total. The minimum Gasteiger partial charge on any atom is -0.341 e. The first-order valence-corrected chi connectivity index (χ1v) is 9.81. The quantitative estimate of drug-likeness (QED) is 0.779. The molecule has 1 aromatic carbocycles. The van der Waals surface area contributed by atoms with Gasteiger partial charge in [0.2, 0.25) is 11.8 Å². The van der Waals surface area contributed by atoms with Crippen LogP contribution in [-0.2, 0) is 9.59 Å². The lowest BCUT2D eigenvalue weighted by molar-refractivity contribution is -0.135. The zero-order valence-corrected chi connectivity index (χ0v) is 16.8. The third kappa shape index (κ3) is 4.18. The van der Waals surface area contributed by atoms with Crippen LogP contribution in [0.5, 0.6) is 0 Å². The molecule has 2 heterocycles. The molecule has 3 amide bonds. The summed E-state index contributed by atoms with van der Waals surface area (Å²) in [5, 5.41) is 0. The molecule has 1 atom stereocenters. The van der Waals surface area contributed by atoms with Gasteiger partial charge in [0.15, 0.2) is 0 Å². The highest BCUT2D eigenvalue weighted by Gasteiger charge is 2.41. The number of benzene rings is 1. The molecule has 0 bridgehead atoms. The van der Waals surface area contributed by atoms with Gasteiger partial charge in [-0.3, -0.25) is 14.4 Å². The average Bonchev–Trinajstić information content (AvgIpc) is 2.88. The second kappa shape index (κ2) is 7.89. The summed E-state index contributed by atoms with van der Waals surface area (Å²) in [4.78, 5) is 43.0. The molecule has 6 nitrogen and oxygen atoms in total. The van der Waals surface area contributed by atoms with Gasteiger partial charge in [-0.2, -0.15) is 0 Å². The fraction of sp³-hybridized carbons (Fsp3) is 0.571. The normalized spacial score (nSPS) is 21.1. The highest BCUT2D eigenvalue weighted by Crippen LogP contribution is 2.27. The van der Waals surface area contributed by atoms with Crippen LogP contribution in [0.4, 0.5) is 4.39 Å². The summed E-state index contributed by atoms with van der Waals surface area (Å²) in [6.45, 7) is 8.13. The minimum absolute atomic E-state index is 0.0111. The summed E-state index contributed by atoms with van der Waals surface area (Å²) in [6, 6.07) is 5.95. The van der Waals surface area contributed by atoms with Crippen molar-refractivity contribution in [3.05, 3.63) is 35.6 Å². The van der Waals surface area contributed by atoms with E-state index in [4.69, 9.17) is 0 Å². The van der Waals surface area contributed by atoms with E-state index >= 15 is 0 Å². The van der Waals surface area contributed by atoms with Crippen molar-refractivity contribution in [3.8, 4) is 0 Å². The number of amides is 3. The van der Waals surface area contributed by atoms with Crippen LogP contribution in [0.1, 0.15) is 44.0 Å². The highest BCUT2D eigenvalue weighted by molar-refractivity contribution is 5.94. The summed E-state index contributed by atoms with van der Waals surface area (Å²) in [7, 11) is 0. The number of hydrogen-bond acceptors (Lipinski definition) is 3. The lowest BCUT2D eigenvalue weighted by Gasteiger charge is -2.32. The Morgan fingerprint density at radius 2 is 1.68 bits per heavy atom. The molecule has 1 unspecified atom stereocenters. The van der Waals surface area contributed by atoms with Crippen LogP contribution in [-0.4, -0.2) is 70.7 Å². The predicted octanol–water partition coefficient (Wildman–Crippen LogP) is 2.15. The van der Waals surface area contributed by atoms with Crippen molar-refractivity contribution >= 4 is 17.7 Å². The third-order valence-electron chi connectivity index (χ3n) is 5.48. The van der Waals surface area contributed by atoms with Gasteiger partial charge in [0.1, 0.15) is 5.82 Å². The standard InChI is InChI=1S/C21H28FN3O3/c1-21(2,3)25-14-15(13-18(25)26)19(27)23-9-6-10-24(12-11-23)20(28)16-7-4-5-8-17(16)22/h4-5,7-8,15H,6,9-14H2,1-3H3. The smallest absolute Gasteiger partial charge is 0.256 e. The zero-order valence-electron chi connectivity index (χ0n) is 16.8. The number of carbonyl (C=O) groups excluding carboxylic acids is 3. The molecule has 0 saturated carbocycles. The number of rotatable bonds is 2. The van der Waals surface area contributed by atoms with Gasteiger partial charge in [-0.05, 0) is 39.3 Å². The second-order valence-corrected chi connectivity index (χ2v) is 8.53. The van der Waals surface area contributed by atoms with Gasteiger partial charge in [-0.15, -0.1) is 0 Å². The molecule has 152 valence electrons. The number of carbonyl (C=O) groups is 3. The van der Waals surface area contributed by atoms with Gasteiger partial charge in [-0.1, -0.05) is 12.1 Å². The van der Waals surface area contributed by atoms with Crippen molar-refractivity contribution in [2.24, 2.45) is 5.92 Å². The van der Waals surface area contributed by atoms with Crippen LogP contribution in [0.3, 0.4) is 0 Å². The Morgan fingerprint density at radius 1 is 1.04 bits per heavy atom. The van der Waals surface area contributed by atoms with E-state index in [-0.39, 0.29) is 41.2 Å². The highest BCUT2D eigenvalue weighted by atomic mass is 19.1. The molecule has 0 radical (unpaired) electrons. The number of nitrogens with zero attached hydrogens (tertiary/aromatic N) is 3. The van der Waals surface area contributed by atoms with Crippen molar-refractivity contribution in [1.82, 2.24) is 14.7 Å². The summed E-state index contributed by atoms with van der Waals surface area (Å²) in [5.74, 6) is -1.23. The summed E-state index contributed by atoms with van der Waals surface area (Å²) >= 11 is 0. The Hall–Kier alpha value is -2.44. The maximum atomic E-state index is 13.9. The molecule has 2 saturated heterocycles. The average molecular weight is 389 g/mol. The van der Waals surface area contributed by atoms with Crippen molar-refractivity contribution in [2.45, 2.75) is 39.2 Å². The largest absolute Gasteiger partial charge is 0.341 e. The van der Waals surface area contributed by atoms with Gasteiger partial charge in [0.25, 0.3) is 5.91 Å². The fourth-order valence-electron chi connectivity index (χ4n) is 3.93. The van der Waals surface area contributed by atoms with Gasteiger partial charge in [0, 0.05) is 44.7 Å². The number of likely N-dealkylation sites (tertiary alicyclic amines) is 1. The first-order chi connectivity index (χ1) is 13.2. The predicted molar refractivity (Wildman–Crippen MR) is 103 cm³/mol. The van der Waals surface area contributed by atoms with Gasteiger partial charge < -0.3 is 14.7 Å². The maximum Gasteiger partial charge on any atom is 0.256 e. The first kappa shape index (κ1) is 20.3. The molecule has 2 fully saturated rings. The summed E-state index contributed by atoms with van der Waals surface area (Å²) in [5.41, 5.74) is -0.238. The summed E-state index contributed by atoms with van der Waals surface area (Å²) < 4.78 is 13.9. The van der Waals surface area contributed by atoms with E-state index in [1.807, 2.05) is 20.8 Å². The Labute approximate surface area is 165 Å². The van der Waals surface area contributed by atoms with Crippen molar-refractivity contribution < 1.29 is 18.8 Å². The van der Waals surface area contributed by atoms with E-state index in [2.05, 4.69) is 0 Å². The SMILES string of the molecule is CC(C)(C)N1CC(C(=O)N2CCCN(C(=O)c3ccccc3F)CC2)CC1=O. The van der Waals surface area contributed by atoms with E-state index in [0.717, 1.165) is 0 Å². The molecule has 1 aromatic rings. The monoisotopic (exact) mass is 389 g/mol. The number of halogens is 1. The minimum atomic E-state index is -0.531.